The van der Waals surface area contributed by atoms with E-state index in [2.05, 4.69) is 0 Å². The fraction of sp³-hybridized carbons (Fsp3) is 0.632. The molecule has 0 N–H and O–H groups in total. The Morgan fingerprint density at radius 2 is 2.00 bits per heavy atom. The molecule has 8 heteroatoms. The van der Waals surface area contributed by atoms with E-state index in [-0.39, 0.29) is 36.0 Å². The molecule has 7 nitrogen and oxygen atoms in total. The molecule has 1 aromatic rings. The van der Waals surface area contributed by atoms with Gasteiger partial charge in [0.15, 0.2) is 21.3 Å². The smallest absolute Gasteiger partial charge is 0.237 e. The number of hydrogen-bond donors (Lipinski definition) is 0. The van der Waals surface area contributed by atoms with Crippen LogP contribution in [0.25, 0.3) is 0 Å². The minimum Gasteiger partial charge on any atom is -0.486 e. The van der Waals surface area contributed by atoms with Crippen LogP contribution in [0, 0.1) is 0 Å². The first-order valence-corrected chi connectivity index (χ1v) is 11.3. The molecule has 27 heavy (non-hydrogen) atoms. The van der Waals surface area contributed by atoms with Crippen molar-refractivity contribution in [3.8, 4) is 11.5 Å². The second kappa shape index (κ2) is 7.31. The maximum Gasteiger partial charge on any atom is 0.237 e. The van der Waals surface area contributed by atoms with Gasteiger partial charge in [-0.05, 0) is 44.0 Å². The van der Waals surface area contributed by atoms with Gasteiger partial charge in [-0.1, -0.05) is 6.07 Å². The van der Waals surface area contributed by atoms with E-state index < -0.39 is 9.84 Å². The number of rotatable bonds is 4. The maximum absolute atomic E-state index is 12.9. The molecule has 0 radical (unpaired) electrons. The number of likely N-dealkylation sites (N-methyl/N-ethyl adjacent to an activating group) is 1. The van der Waals surface area contributed by atoms with E-state index >= 15 is 0 Å². The first kappa shape index (κ1) is 18.6. The maximum atomic E-state index is 12.9. The molecule has 148 valence electrons. The van der Waals surface area contributed by atoms with Crippen LogP contribution in [0.3, 0.4) is 0 Å². The Bertz CT molecular complexity index is 825. The summed E-state index contributed by atoms with van der Waals surface area (Å²) in [6.45, 7) is 2.08. The molecule has 0 spiro atoms. The summed E-state index contributed by atoms with van der Waals surface area (Å²) in [6.07, 6.45) is 2.50. The SMILES string of the molecule is CN(CC(=O)N1CCC[C@@H]1c1ccc2c(c1)OCCO2)[C@H]1CCS(=O)(=O)C1. The van der Waals surface area contributed by atoms with E-state index in [0.717, 1.165) is 36.4 Å². The molecule has 0 bridgehead atoms. The second-order valence-corrected chi connectivity index (χ2v) is 9.85. The Labute approximate surface area is 160 Å². The zero-order chi connectivity index (χ0) is 19.0. The third kappa shape index (κ3) is 3.91. The third-order valence-electron chi connectivity index (χ3n) is 5.74. The minimum absolute atomic E-state index is 0.0361. The molecule has 2 atom stereocenters. The molecular weight excluding hydrogens is 368 g/mol. The zero-order valence-electron chi connectivity index (χ0n) is 15.6. The number of nitrogens with zero attached hydrogens (tertiary/aromatic N) is 2. The van der Waals surface area contributed by atoms with Crippen molar-refractivity contribution in [2.24, 2.45) is 0 Å². The van der Waals surface area contributed by atoms with Crippen LogP contribution < -0.4 is 9.47 Å². The van der Waals surface area contributed by atoms with Crippen LogP contribution >= 0.6 is 0 Å². The predicted molar refractivity (Wildman–Crippen MR) is 101 cm³/mol. The van der Waals surface area contributed by atoms with Crippen molar-refractivity contribution in [1.29, 1.82) is 0 Å². The first-order chi connectivity index (χ1) is 12.9. The second-order valence-electron chi connectivity index (χ2n) is 7.62. The van der Waals surface area contributed by atoms with Crippen LogP contribution in [-0.2, 0) is 14.6 Å². The van der Waals surface area contributed by atoms with Gasteiger partial charge in [0.1, 0.15) is 13.2 Å². The summed E-state index contributed by atoms with van der Waals surface area (Å²) in [4.78, 5) is 16.7. The Morgan fingerprint density at radius 1 is 1.22 bits per heavy atom. The highest BCUT2D eigenvalue weighted by Crippen LogP contribution is 2.38. The van der Waals surface area contributed by atoms with Crippen molar-refractivity contribution >= 4 is 15.7 Å². The number of benzene rings is 1. The summed E-state index contributed by atoms with van der Waals surface area (Å²) in [5, 5.41) is 0. The number of sulfone groups is 1. The standard InChI is InChI=1S/C19H26N2O5S/c1-20(15-6-10-27(23,24)13-15)12-19(22)21-7-2-3-16(21)14-4-5-17-18(11-14)26-9-8-25-17/h4-5,11,15-16H,2-3,6-10,12-13H2,1H3/t15-,16+/m0/s1. The third-order valence-corrected chi connectivity index (χ3v) is 7.49. The van der Waals surface area contributed by atoms with Crippen LogP contribution in [-0.4, -0.2) is 75.0 Å². The van der Waals surface area contributed by atoms with Gasteiger partial charge in [0.05, 0.1) is 24.1 Å². The molecule has 2 fully saturated rings. The molecule has 0 aromatic heterocycles. The summed E-state index contributed by atoms with van der Waals surface area (Å²) in [5.74, 6) is 1.93. The number of fused-ring (bicyclic) bond motifs is 1. The minimum atomic E-state index is -2.95. The molecule has 3 heterocycles. The summed E-state index contributed by atoms with van der Waals surface area (Å²) in [7, 11) is -1.10. The Balaban J connectivity index is 1.44. The molecule has 0 saturated carbocycles. The highest BCUT2D eigenvalue weighted by Gasteiger charge is 2.35. The fourth-order valence-corrected chi connectivity index (χ4v) is 6.04. The number of carbonyl (C=O) groups is 1. The molecule has 4 rings (SSSR count). The van der Waals surface area contributed by atoms with Crippen molar-refractivity contribution in [2.75, 3.05) is 44.9 Å². The number of amides is 1. The van der Waals surface area contributed by atoms with Crippen LogP contribution in [0.4, 0.5) is 0 Å². The summed E-state index contributed by atoms with van der Waals surface area (Å²) >= 11 is 0. The highest BCUT2D eigenvalue weighted by atomic mass is 32.2. The van der Waals surface area contributed by atoms with Crippen LogP contribution in [0.15, 0.2) is 18.2 Å². The molecular formula is C19H26N2O5S. The average molecular weight is 394 g/mol. The molecule has 0 aliphatic carbocycles. The van der Waals surface area contributed by atoms with E-state index in [1.165, 1.54) is 0 Å². The van der Waals surface area contributed by atoms with Gasteiger partial charge in [0.25, 0.3) is 0 Å². The molecule has 1 amide bonds. The Morgan fingerprint density at radius 3 is 2.74 bits per heavy atom. The van der Waals surface area contributed by atoms with Gasteiger partial charge in [-0.25, -0.2) is 8.42 Å². The lowest BCUT2D eigenvalue weighted by molar-refractivity contribution is -0.133. The zero-order valence-corrected chi connectivity index (χ0v) is 16.4. The lowest BCUT2D eigenvalue weighted by Crippen LogP contribution is -2.43. The normalized spacial score (nSPS) is 26.5. The topological polar surface area (TPSA) is 76.2 Å². The van der Waals surface area contributed by atoms with Gasteiger partial charge in [0, 0.05) is 12.6 Å². The summed E-state index contributed by atoms with van der Waals surface area (Å²) < 4.78 is 34.7. The van der Waals surface area contributed by atoms with Crippen LogP contribution in [0.1, 0.15) is 30.9 Å². The van der Waals surface area contributed by atoms with Gasteiger partial charge in [-0.3, -0.25) is 9.69 Å². The predicted octanol–water partition coefficient (Wildman–Crippen LogP) is 1.24. The lowest BCUT2D eigenvalue weighted by Gasteiger charge is -2.30. The van der Waals surface area contributed by atoms with Gasteiger partial charge in [-0.15, -0.1) is 0 Å². The van der Waals surface area contributed by atoms with E-state index in [9.17, 15) is 13.2 Å². The number of likely N-dealkylation sites (tertiary alicyclic amines) is 1. The van der Waals surface area contributed by atoms with Crippen molar-refractivity contribution in [3.63, 3.8) is 0 Å². The summed E-state index contributed by atoms with van der Waals surface area (Å²) in [6, 6.07) is 5.89. The first-order valence-electron chi connectivity index (χ1n) is 9.53. The van der Waals surface area contributed by atoms with Gasteiger partial charge in [-0.2, -0.15) is 0 Å². The molecule has 3 aliphatic rings. The van der Waals surface area contributed by atoms with Crippen molar-refractivity contribution in [3.05, 3.63) is 23.8 Å². The van der Waals surface area contributed by atoms with E-state index in [4.69, 9.17) is 9.47 Å². The van der Waals surface area contributed by atoms with E-state index in [1.54, 1.807) is 0 Å². The van der Waals surface area contributed by atoms with Crippen LogP contribution in [0.2, 0.25) is 0 Å². The molecule has 1 aromatic carbocycles. The lowest BCUT2D eigenvalue weighted by atomic mass is 10.0. The summed E-state index contributed by atoms with van der Waals surface area (Å²) in [5.41, 5.74) is 1.07. The van der Waals surface area contributed by atoms with Crippen LogP contribution in [0.5, 0.6) is 11.5 Å². The molecule has 3 aliphatic heterocycles. The number of ether oxygens (including phenoxy) is 2. The number of carbonyl (C=O) groups excluding carboxylic acids is 1. The fourth-order valence-electron chi connectivity index (χ4n) is 4.24. The average Bonchev–Trinajstić information content (AvgIpc) is 3.27. The van der Waals surface area contributed by atoms with Gasteiger partial charge in [0.2, 0.25) is 5.91 Å². The van der Waals surface area contributed by atoms with Gasteiger partial charge < -0.3 is 14.4 Å². The van der Waals surface area contributed by atoms with E-state index in [0.29, 0.717) is 19.6 Å². The quantitative estimate of drug-likeness (QED) is 0.765. The largest absolute Gasteiger partial charge is 0.486 e. The Kier molecular flexibility index (Phi) is 5.03. The van der Waals surface area contributed by atoms with Crippen molar-refractivity contribution in [2.45, 2.75) is 31.3 Å². The van der Waals surface area contributed by atoms with Crippen molar-refractivity contribution in [1.82, 2.24) is 9.80 Å². The molecule has 2 saturated heterocycles. The monoisotopic (exact) mass is 394 g/mol. The highest BCUT2D eigenvalue weighted by molar-refractivity contribution is 7.91. The van der Waals surface area contributed by atoms with Gasteiger partial charge >= 0.3 is 0 Å². The van der Waals surface area contributed by atoms with E-state index in [1.807, 2.05) is 35.0 Å². The van der Waals surface area contributed by atoms with Crippen molar-refractivity contribution < 1.29 is 22.7 Å². The Hall–Kier alpha value is -1.80. The number of hydrogen-bond acceptors (Lipinski definition) is 6. The molecule has 0 unspecified atom stereocenters.